The third kappa shape index (κ3) is 3.20. The van der Waals surface area contributed by atoms with Crippen LogP contribution in [0.2, 0.25) is 0 Å². The largest absolute Gasteiger partial charge is 0.493 e. The van der Waals surface area contributed by atoms with E-state index in [-0.39, 0.29) is 11.3 Å². The first-order valence-electron chi connectivity index (χ1n) is 4.30. The van der Waals surface area contributed by atoms with Crippen LogP contribution in [0, 0.1) is 0 Å². The number of aldehydes is 1. The van der Waals surface area contributed by atoms with Gasteiger partial charge in [0.25, 0.3) is 0 Å². The molecule has 0 aromatic heterocycles. The van der Waals surface area contributed by atoms with Gasteiger partial charge in [0.1, 0.15) is 6.29 Å². The Morgan fingerprint density at radius 2 is 1.94 bits per heavy atom. The summed E-state index contributed by atoms with van der Waals surface area (Å²) in [7, 11) is 1.18. The normalized spacial score (nSPS) is 10.8. The molecule has 17 heavy (non-hydrogen) atoms. The predicted molar refractivity (Wildman–Crippen MR) is 50.1 cm³/mol. The molecule has 1 aromatic carbocycles. The number of hydrogen-bond donors (Lipinski definition) is 0. The van der Waals surface area contributed by atoms with Crippen LogP contribution in [-0.2, 0) is 4.79 Å². The molecule has 0 saturated carbocycles. The second-order valence-corrected chi connectivity index (χ2v) is 2.92. The Labute approximate surface area is 93.9 Å². The van der Waals surface area contributed by atoms with Gasteiger partial charge in [-0.2, -0.15) is 13.2 Å². The molecule has 0 radical (unpaired) electrons. The molecular formula is C10H7F3O4. The van der Waals surface area contributed by atoms with E-state index in [9.17, 15) is 22.8 Å². The first kappa shape index (κ1) is 13.0. The van der Waals surface area contributed by atoms with Crippen molar-refractivity contribution in [1.29, 1.82) is 0 Å². The summed E-state index contributed by atoms with van der Waals surface area (Å²) in [5.74, 6) is -2.89. The summed E-state index contributed by atoms with van der Waals surface area (Å²) in [4.78, 5) is 21.0. The second kappa shape index (κ2) is 4.86. The number of ether oxygens (including phenoxy) is 2. The second-order valence-electron chi connectivity index (χ2n) is 2.92. The van der Waals surface area contributed by atoms with Crippen LogP contribution in [0.15, 0.2) is 18.2 Å². The number of alkyl halides is 3. The lowest BCUT2D eigenvalue weighted by atomic mass is 10.2. The van der Waals surface area contributed by atoms with Crippen LogP contribution in [0.25, 0.3) is 0 Å². The van der Waals surface area contributed by atoms with Gasteiger partial charge in [0.2, 0.25) is 0 Å². The molecule has 0 aliphatic heterocycles. The molecule has 0 heterocycles. The van der Waals surface area contributed by atoms with Gasteiger partial charge in [-0.15, -0.1) is 0 Å². The van der Waals surface area contributed by atoms with Gasteiger partial charge in [-0.3, -0.25) is 4.79 Å². The van der Waals surface area contributed by atoms with E-state index in [2.05, 4.69) is 4.74 Å². The van der Waals surface area contributed by atoms with E-state index in [1.807, 2.05) is 0 Å². The van der Waals surface area contributed by atoms with Crippen LogP contribution in [0.4, 0.5) is 13.2 Å². The molecule has 0 amide bonds. The van der Waals surface area contributed by atoms with Crippen LogP contribution in [0.1, 0.15) is 10.4 Å². The van der Waals surface area contributed by atoms with Crippen molar-refractivity contribution in [2.24, 2.45) is 0 Å². The molecule has 0 fully saturated rings. The molecule has 1 aromatic rings. The number of halogens is 3. The topological polar surface area (TPSA) is 52.6 Å². The average Bonchev–Trinajstić information content (AvgIpc) is 2.28. The fourth-order valence-electron chi connectivity index (χ4n) is 1.000. The third-order valence-electron chi connectivity index (χ3n) is 1.76. The molecule has 0 unspecified atom stereocenters. The van der Waals surface area contributed by atoms with E-state index in [1.165, 1.54) is 13.2 Å². The number of carbonyl (C=O) groups excluding carboxylic acids is 2. The molecule has 0 spiro atoms. The summed E-state index contributed by atoms with van der Waals surface area (Å²) in [6, 6.07) is 3.41. The monoisotopic (exact) mass is 248 g/mol. The van der Waals surface area contributed by atoms with Crippen molar-refractivity contribution in [3.05, 3.63) is 23.8 Å². The van der Waals surface area contributed by atoms with Gasteiger partial charge in [-0.05, 0) is 18.2 Å². The highest BCUT2D eigenvalue weighted by atomic mass is 19.4. The zero-order valence-electron chi connectivity index (χ0n) is 8.58. The fourth-order valence-corrected chi connectivity index (χ4v) is 1.000. The molecule has 0 aliphatic rings. The summed E-state index contributed by atoms with van der Waals surface area (Å²) in [6.07, 6.45) is -4.60. The minimum Gasteiger partial charge on any atom is -0.493 e. The highest BCUT2D eigenvalue weighted by Crippen LogP contribution is 2.29. The lowest BCUT2D eigenvalue weighted by Gasteiger charge is -2.10. The van der Waals surface area contributed by atoms with Gasteiger partial charge in [0.05, 0.1) is 7.11 Å². The first-order valence-corrected chi connectivity index (χ1v) is 4.30. The maximum absolute atomic E-state index is 11.9. The quantitative estimate of drug-likeness (QED) is 0.466. The molecule has 7 heteroatoms. The number of hydrogen-bond acceptors (Lipinski definition) is 4. The van der Waals surface area contributed by atoms with Gasteiger partial charge in [0, 0.05) is 5.56 Å². The van der Waals surface area contributed by atoms with Crippen LogP contribution in [0.3, 0.4) is 0 Å². The maximum atomic E-state index is 11.9. The standard InChI is InChI=1S/C10H7F3O4/c1-16-8-4-6(5-14)2-3-7(8)17-9(15)10(11,12)13/h2-5H,1H3. The molecule has 1 rings (SSSR count). The molecule has 4 nitrogen and oxygen atoms in total. The third-order valence-corrected chi connectivity index (χ3v) is 1.76. The van der Waals surface area contributed by atoms with Gasteiger partial charge in [-0.25, -0.2) is 4.79 Å². The van der Waals surface area contributed by atoms with Crippen LogP contribution in [-0.4, -0.2) is 25.5 Å². The number of rotatable bonds is 3. The van der Waals surface area contributed by atoms with Crippen molar-refractivity contribution in [2.45, 2.75) is 6.18 Å². The van der Waals surface area contributed by atoms with Crippen LogP contribution < -0.4 is 9.47 Å². The van der Waals surface area contributed by atoms with Crippen molar-refractivity contribution in [3.63, 3.8) is 0 Å². The highest BCUT2D eigenvalue weighted by Gasteiger charge is 2.41. The molecule has 0 N–H and O–H groups in total. The molecule has 0 aliphatic carbocycles. The Balaban J connectivity index is 2.99. The minimum atomic E-state index is -5.09. The van der Waals surface area contributed by atoms with Gasteiger partial charge < -0.3 is 9.47 Å². The summed E-state index contributed by atoms with van der Waals surface area (Å²) >= 11 is 0. The van der Waals surface area contributed by atoms with Gasteiger partial charge in [0.15, 0.2) is 11.5 Å². The Morgan fingerprint density at radius 1 is 1.29 bits per heavy atom. The Hall–Kier alpha value is -2.05. The Bertz CT molecular complexity index is 440. The molecule has 0 saturated heterocycles. The minimum absolute atomic E-state index is 0.132. The number of methoxy groups -OCH3 is 1. The lowest BCUT2D eigenvalue weighted by molar-refractivity contribution is -0.189. The van der Waals surface area contributed by atoms with E-state index in [0.29, 0.717) is 6.29 Å². The van der Waals surface area contributed by atoms with Crippen LogP contribution >= 0.6 is 0 Å². The fraction of sp³-hybridized carbons (Fsp3) is 0.200. The van der Waals surface area contributed by atoms with E-state index in [1.54, 1.807) is 0 Å². The van der Waals surface area contributed by atoms with Crippen molar-refractivity contribution in [3.8, 4) is 11.5 Å². The SMILES string of the molecule is COc1cc(C=O)ccc1OC(=O)C(F)(F)F. The van der Waals surface area contributed by atoms with Crippen molar-refractivity contribution >= 4 is 12.3 Å². The zero-order valence-corrected chi connectivity index (χ0v) is 8.58. The summed E-state index contributed by atoms with van der Waals surface area (Å²) in [6.45, 7) is 0. The first-order chi connectivity index (χ1) is 7.88. The molecule has 92 valence electrons. The smallest absolute Gasteiger partial charge is 0.491 e. The number of esters is 1. The van der Waals surface area contributed by atoms with Crippen LogP contribution in [0.5, 0.6) is 11.5 Å². The Kier molecular flexibility index (Phi) is 3.72. The number of carbonyl (C=O) groups is 2. The lowest BCUT2D eigenvalue weighted by Crippen LogP contribution is -2.28. The predicted octanol–water partition coefficient (Wildman–Crippen LogP) is 1.98. The van der Waals surface area contributed by atoms with Crippen molar-refractivity contribution < 1.29 is 32.2 Å². The van der Waals surface area contributed by atoms with Crippen molar-refractivity contribution in [1.82, 2.24) is 0 Å². The highest BCUT2D eigenvalue weighted by molar-refractivity contribution is 5.80. The van der Waals surface area contributed by atoms with E-state index < -0.39 is 17.9 Å². The molecular weight excluding hydrogens is 241 g/mol. The van der Waals surface area contributed by atoms with E-state index in [4.69, 9.17) is 4.74 Å². The summed E-state index contributed by atoms with van der Waals surface area (Å²) in [5.41, 5.74) is 0.189. The molecule has 0 bridgehead atoms. The average molecular weight is 248 g/mol. The molecule has 0 atom stereocenters. The van der Waals surface area contributed by atoms with E-state index in [0.717, 1.165) is 12.1 Å². The maximum Gasteiger partial charge on any atom is 0.491 e. The van der Waals surface area contributed by atoms with Gasteiger partial charge in [-0.1, -0.05) is 0 Å². The van der Waals surface area contributed by atoms with E-state index >= 15 is 0 Å². The van der Waals surface area contributed by atoms with Gasteiger partial charge >= 0.3 is 12.1 Å². The summed E-state index contributed by atoms with van der Waals surface area (Å²) < 4.78 is 44.6. The zero-order chi connectivity index (χ0) is 13.1. The number of benzene rings is 1. The van der Waals surface area contributed by atoms with Crippen molar-refractivity contribution in [2.75, 3.05) is 7.11 Å². The summed E-state index contributed by atoms with van der Waals surface area (Å²) in [5, 5.41) is 0. The Morgan fingerprint density at radius 3 is 2.41 bits per heavy atom.